The summed E-state index contributed by atoms with van der Waals surface area (Å²) in [5.74, 6) is -0.872. The van der Waals surface area contributed by atoms with Gasteiger partial charge in [-0.1, -0.05) is 6.92 Å². The SMILES string of the molecule is CC[C@H]1CN(c2ccc(C(=O)O)cc2)CCN1. The molecule has 1 aromatic carbocycles. The second kappa shape index (κ2) is 5.19. The lowest BCUT2D eigenvalue weighted by Crippen LogP contribution is -2.50. The van der Waals surface area contributed by atoms with E-state index in [1.165, 1.54) is 0 Å². The van der Waals surface area contributed by atoms with Crippen LogP contribution in [0, 0.1) is 0 Å². The summed E-state index contributed by atoms with van der Waals surface area (Å²) < 4.78 is 0. The van der Waals surface area contributed by atoms with Gasteiger partial charge in [-0.05, 0) is 30.7 Å². The number of hydrogen-bond donors (Lipinski definition) is 2. The fourth-order valence-electron chi connectivity index (χ4n) is 2.15. The van der Waals surface area contributed by atoms with Crippen LogP contribution in [0.5, 0.6) is 0 Å². The summed E-state index contributed by atoms with van der Waals surface area (Å²) in [6.07, 6.45) is 1.11. The molecule has 0 saturated carbocycles. The van der Waals surface area contributed by atoms with Gasteiger partial charge in [-0.15, -0.1) is 0 Å². The molecule has 1 saturated heterocycles. The van der Waals surface area contributed by atoms with Crippen LogP contribution in [-0.2, 0) is 0 Å². The van der Waals surface area contributed by atoms with Crippen molar-refractivity contribution in [2.24, 2.45) is 0 Å². The Labute approximate surface area is 101 Å². The van der Waals surface area contributed by atoms with Crippen LogP contribution in [0.1, 0.15) is 23.7 Å². The van der Waals surface area contributed by atoms with Crippen LogP contribution in [0.4, 0.5) is 5.69 Å². The molecule has 1 aromatic rings. The van der Waals surface area contributed by atoms with Gasteiger partial charge >= 0.3 is 5.97 Å². The highest BCUT2D eigenvalue weighted by atomic mass is 16.4. The minimum Gasteiger partial charge on any atom is -0.478 e. The molecule has 17 heavy (non-hydrogen) atoms. The van der Waals surface area contributed by atoms with Gasteiger partial charge < -0.3 is 15.3 Å². The van der Waals surface area contributed by atoms with Crippen molar-refractivity contribution < 1.29 is 9.90 Å². The Balaban J connectivity index is 2.08. The molecule has 2 rings (SSSR count). The van der Waals surface area contributed by atoms with Crippen LogP contribution in [-0.4, -0.2) is 36.8 Å². The highest BCUT2D eigenvalue weighted by Crippen LogP contribution is 2.17. The zero-order chi connectivity index (χ0) is 12.3. The number of nitrogens with one attached hydrogen (secondary N) is 1. The standard InChI is InChI=1S/C13H18N2O2/c1-2-11-9-15(8-7-14-11)12-5-3-10(4-6-12)13(16)17/h3-6,11,14H,2,7-9H2,1H3,(H,16,17)/t11-/m0/s1. The summed E-state index contributed by atoms with van der Waals surface area (Å²) in [6.45, 7) is 5.12. The molecular formula is C13H18N2O2. The molecule has 1 aliphatic heterocycles. The van der Waals surface area contributed by atoms with Crippen molar-refractivity contribution in [2.45, 2.75) is 19.4 Å². The van der Waals surface area contributed by atoms with E-state index in [9.17, 15) is 4.79 Å². The Morgan fingerprint density at radius 3 is 2.76 bits per heavy atom. The number of carboxylic acids is 1. The van der Waals surface area contributed by atoms with Crippen molar-refractivity contribution in [3.63, 3.8) is 0 Å². The fourth-order valence-corrected chi connectivity index (χ4v) is 2.15. The number of aromatic carboxylic acids is 1. The minimum absolute atomic E-state index is 0.343. The predicted molar refractivity (Wildman–Crippen MR) is 67.7 cm³/mol. The van der Waals surface area contributed by atoms with Crippen molar-refractivity contribution >= 4 is 11.7 Å². The van der Waals surface area contributed by atoms with E-state index in [1.807, 2.05) is 12.1 Å². The molecule has 2 N–H and O–H groups in total. The third-order valence-electron chi connectivity index (χ3n) is 3.23. The maximum absolute atomic E-state index is 10.8. The average Bonchev–Trinajstić information content (AvgIpc) is 2.39. The van der Waals surface area contributed by atoms with Crippen LogP contribution in [0.15, 0.2) is 24.3 Å². The van der Waals surface area contributed by atoms with E-state index in [0.29, 0.717) is 11.6 Å². The third kappa shape index (κ3) is 2.77. The van der Waals surface area contributed by atoms with Gasteiger partial charge in [0, 0.05) is 31.4 Å². The molecule has 0 spiro atoms. The van der Waals surface area contributed by atoms with Crippen molar-refractivity contribution in [1.82, 2.24) is 5.32 Å². The number of anilines is 1. The largest absolute Gasteiger partial charge is 0.478 e. The summed E-state index contributed by atoms with van der Waals surface area (Å²) in [5, 5.41) is 12.3. The lowest BCUT2D eigenvalue weighted by atomic mass is 10.1. The Morgan fingerprint density at radius 1 is 1.47 bits per heavy atom. The monoisotopic (exact) mass is 234 g/mol. The van der Waals surface area contributed by atoms with Gasteiger partial charge in [0.2, 0.25) is 0 Å². The van der Waals surface area contributed by atoms with Crippen LogP contribution < -0.4 is 10.2 Å². The third-order valence-corrected chi connectivity index (χ3v) is 3.23. The van der Waals surface area contributed by atoms with Crippen LogP contribution >= 0.6 is 0 Å². The summed E-state index contributed by atoms with van der Waals surface area (Å²) in [4.78, 5) is 13.1. The molecule has 92 valence electrons. The fraction of sp³-hybridized carbons (Fsp3) is 0.462. The number of hydrogen-bond acceptors (Lipinski definition) is 3. The molecule has 0 unspecified atom stereocenters. The van der Waals surface area contributed by atoms with Crippen LogP contribution in [0.2, 0.25) is 0 Å². The van der Waals surface area contributed by atoms with Gasteiger partial charge in [0.15, 0.2) is 0 Å². The number of piperazine rings is 1. The topological polar surface area (TPSA) is 52.6 Å². The van der Waals surface area contributed by atoms with Crippen LogP contribution in [0.25, 0.3) is 0 Å². The number of benzene rings is 1. The molecule has 1 atom stereocenters. The zero-order valence-corrected chi connectivity index (χ0v) is 10.0. The molecule has 0 amide bonds. The first-order valence-electron chi connectivity index (χ1n) is 6.02. The quantitative estimate of drug-likeness (QED) is 0.833. The molecule has 0 aliphatic carbocycles. The number of carbonyl (C=O) groups is 1. The molecule has 1 fully saturated rings. The number of carboxylic acid groups (broad SMARTS) is 1. The summed E-state index contributed by atoms with van der Waals surface area (Å²) in [6, 6.07) is 7.65. The number of nitrogens with zero attached hydrogens (tertiary/aromatic N) is 1. The van der Waals surface area contributed by atoms with E-state index < -0.39 is 5.97 Å². The highest BCUT2D eigenvalue weighted by Gasteiger charge is 2.17. The van der Waals surface area contributed by atoms with Crippen molar-refractivity contribution in [3.05, 3.63) is 29.8 Å². The zero-order valence-electron chi connectivity index (χ0n) is 10.0. The molecule has 1 aliphatic rings. The molecule has 0 radical (unpaired) electrons. The molecule has 1 heterocycles. The lowest BCUT2D eigenvalue weighted by Gasteiger charge is -2.35. The van der Waals surface area contributed by atoms with E-state index in [4.69, 9.17) is 5.11 Å². The Hall–Kier alpha value is -1.55. The summed E-state index contributed by atoms with van der Waals surface area (Å²) in [5.41, 5.74) is 1.45. The van der Waals surface area contributed by atoms with E-state index in [0.717, 1.165) is 31.7 Å². The van der Waals surface area contributed by atoms with Gasteiger partial charge in [-0.3, -0.25) is 0 Å². The van der Waals surface area contributed by atoms with E-state index in [2.05, 4.69) is 17.1 Å². The molecule has 4 heteroatoms. The van der Waals surface area contributed by atoms with Gasteiger partial charge in [-0.2, -0.15) is 0 Å². The van der Waals surface area contributed by atoms with Gasteiger partial charge in [0.25, 0.3) is 0 Å². The van der Waals surface area contributed by atoms with Crippen LogP contribution in [0.3, 0.4) is 0 Å². The normalized spacial score (nSPS) is 20.3. The van der Waals surface area contributed by atoms with Crippen molar-refractivity contribution in [3.8, 4) is 0 Å². The Bertz CT molecular complexity index is 389. The second-order valence-corrected chi connectivity index (χ2v) is 4.36. The molecule has 0 aromatic heterocycles. The summed E-state index contributed by atoms with van der Waals surface area (Å²) >= 11 is 0. The number of rotatable bonds is 3. The average molecular weight is 234 g/mol. The molecule has 0 bridgehead atoms. The molecular weight excluding hydrogens is 216 g/mol. The van der Waals surface area contributed by atoms with E-state index in [1.54, 1.807) is 12.1 Å². The maximum Gasteiger partial charge on any atom is 0.335 e. The Kier molecular flexibility index (Phi) is 3.64. The first-order valence-corrected chi connectivity index (χ1v) is 6.02. The van der Waals surface area contributed by atoms with Gasteiger partial charge in [0.05, 0.1) is 5.56 Å². The second-order valence-electron chi connectivity index (χ2n) is 4.36. The first kappa shape index (κ1) is 11.9. The minimum atomic E-state index is -0.872. The van der Waals surface area contributed by atoms with Gasteiger partial charge in [-0.25, -0.2) is 4.79 Å². The Morgan fingerprint density at radius 2 is 2.18 bits per heavy atom. The van der Waals surface area contributed by atoms with Crippen molar-refractivity contribution in [1.29, 1.82) is 0 Å². The predicted octanol–water partition coefficient (Wildman–Crippen LogP) is 1.57. The lowest BCUT2D eigenvalue weighted by molar-refractivity contribution is 0.0697. The van der Waals surface area contributed by atoms with E-state index >= 15 is 0 Å². The van der Waals surface area contributed by atoms with Gasteiger partial charge in [0.1, 0.15) is 0 Å². The molecule has 4 nitrogen and oxygen atoms in total. The first-order chi connectivity index (χ1) is 8.20. The maximum atomic E-state index is 10.8. The van der Waals surface area contributed by atoms with E-state index in [-0.39, 0.29) is 0 Å². The van der Waals surface area contributed by atoms with Crippen molar-refractivity contribution in [2.75, 3.05) is 24.5 Å². The summed E-state index contributed by atoms with van der Waals surface area (Å²) in [7, 11) is 0. The highest BCUT2D eigenvalue weighted by molar-refractivity contribution is 5.88. The smallest absolute Gasteiger partial charge is 0.335 e.